The van der Waals surface area contributed by atoms with Crippen LogP contribution in [0.2, 0.25) is 0 Å². The quantitative estimate of drug-likeness (QED) is 0.102. The van der Waals surface area contributed by atoms with Crippen LogP contribution in [-0.4, -0.2) is 6.29 Å². The minimum Gasteiger partial charge on any atom is -0.303 e. The van der Waals surface area contributed by atoms with Crippen LogP contribution in [0.3, 0.4) is 0 Å². The summed E-state index contributed by atoms with van der Waals surface area (Å²) in [5.41, 5.74) is 0.103. The van der Waals surface area contributed by atoms with Crippen molar-refractivity contribution < 1.29 is 4.79 Å². The Bertz CT molecular complexity index is 840. The van der Waals surface area contributed by atoms with Crippen LogP contribution in [0.5, 0.6) is 0 Å². The summed E-state index contributed by atoms with van der Waals surface area (Å²) in [6.45, 7) is 9.13. The van der Waals surface area contributed by atoms with E-state index in [1.807, 2.05) is 0 Å². The molecule has 2 nitrogen and oxygen atoms in total. The van der Waals surface area contributed by atoms with Gasteiger partial charge in [-0.15, -0.1) is 0 Å². The number of unbranched alkanes of at least 4 members (excludes halogenated alkanes) is 8. The first-order valence-corrected chi connectivity index (χ1v) is 22.3. The molecule has 0 radical (unpaired) electrons. The number of nitrogens with zero attached hydrogens (tertiary/aromatic N) is 1. The van der Waals surface area contributed by atoms with Crippen molar-refractivity contribution in [3.8, 4) is 6.07 Å². The first kappa shape index (κ1) is 41.6. The number of carbonyl (C=O) groups excluding carboxylic acids is 1. The van der Waals surface area contributed by atoms with Crippen molar-refractivity contribution in [1.82, 2.24) is 0 Å². The smallest absolute Gasteiger partial charge is 0.126 e. The number of hydrogen-bond acceptors (Lipinski definition) is 2. The van der Waals surface area contributed by atoms with E-state index in [4.69, 9.17) is 0 Å². The van der Waals surface area contributed by atoms with Gasteiger partial charge < -0.3 is 4.79 Å². The molecule has 0 saturated heterocycles. The minimum absolute atomic E-state index is 0.0447. The van der Waals surface area contributed by atoms with Gasteiger partial charge in [-0.1, -0.05) is 143 Å². The van der Waals surface area contributed by atoms with E-state index in [1.165, 1.54) is 199 Å². The van der Waals surface area contributed by atoms with Gasteiger partial charge in [0.15, 0.2) is 0 Å². The van der Waals surface area contributed by atoms with Gasteiger partial charge in [0, 0.05) is 5.41 Å². The molecular weight excluding hydrogens is 583 g/mol. The first-order valence-electron chi connectivity index (χ1n) is 22.3. The molecule has 0 aromatic heterocycles. The van der Waals surface area contributed by atoms with Gasteiger partial charge >= 0.3 is 0 Å². The van der Waals surface area contributed by atoms with E-state index in [-0.39, 0.29) is 10.8 Å². The zero-order chi connectivity index (χ0) is 34.5. The highest BCUT2D eigenvalue weighted by atomic mass is 16.1. The van der Waals surface area contributed by atoms with Crippen LogP contribution >= 0.6 is 0 Å². The van der Waals surface area contributed by atoms with Crippen LogP contribution in [-0.2, 0) is 4.79 Å². The molecule has 0 aromatic rings. The summed E-state index contributed by atoms with van der Waals surface area (Å²) < 4.78 is 0. The summed E-state index contributed by atoms with van der Waals surface area (Å²) in [7, 11) is 0. The Morgan fingerprint density at radius 3 is 1.27 bits per heavy atom. The van der Waals surface area contributed by atoms with Gasteiger partial charge in [0.1, 0.15) is 6.29 Å². The second kappa shape index (κ2) is 23.6. The van der Waals surface area contributed by atoms with E-state index in [0.29, 0.717) is 0 Å². The predicted molar refractivity (Wildman–Crippen MR) is 208 cm³/mol. The molecule has 0 N–H and O–H groups in total. The molecule has 0 heterocycles. The van der Waals surface area contributed by atoms with Crippen LogP contribution in [0.4, 0.5) is 0 Å². The van der Waals surface area contributed by atoms with Crippen LogP contribution < -0.4 is 0 Å². The highest BCUT2D eigenvalue weighted by molar-refractivity contribution is 5.59. The third-order valence-corrected chi connectivity index (χ3v) is 14.6. The largest absolute Gasteiger partial charge is 0.303 e. The van der Waals surface area contributed by atoms with Gasteiger partial charge in [0.25, 0.3) is 0 Å². The fourth-order valence-corrected chi connectivity index (χ4v) is 10.9. The predicted octanol–water partition coefficient (Wildman–Crippen LogP) is 15.0. The average molecular weight is 666 g/mol. The first-order chi connectivity index (χ1) is 23.5. The molecule has 4 aliphatic rings. The Morgan fingerprint density at radius 2 is 0.875 bits per heavy atom. The van der Waals surface area contributed by atoms with Crippen LogP contribution in [0.15, 0.2) is 0 Å². The minimum atomic E-state index is 0.0447. The van der Waals surface area contributed by atoms with Crippen molar-refractivity contribution in [1.29, 1.82) is 5.26 Å². The maximum atomic E-state index is 11.7. The summed E-state index contributed by atoms with van der Waals surface area (Å²) in [6, 6.07) is 2.74. The van der Waals surface area contributed by atoms with Gasteiger partial charge in [-0.2, -0.15) is 5.26 Å². The van der Waals surface area contributed by atoms with Gasteiger partial charge in [-0.25, -0.2) is 0 Å². The molecule has 0 bridgehead atoms. The molecular formula is C46H83NO. The molecule has 4 aliphatic carbocycles. The Morgan fingerprint density at radius 1 is 0.500 bits per heavy atom. The molecule has 0 aliphatic heterocycles. The lowest BCUT2D eigenvalue weighted by Crippen LogP contribution is -2.33. The zero-order valence-electron chi connectivity index (χ0n) is 33.0. The molecule has 4 saturated carbocycles. The summed E-state index contributed by atoms with van der Waals surface area (Å²) in [4.78, 5) is 11.7. The molecule has 4 fully saturated rings. The SMILES string of the molecule is CCCCCC1CCC(C2CCC(C#N)(CCCCC)CC2)CC1.CCCCCC1CCC(C2CCC(C=O)(CCCCC)CC2)CC1. The van der Waals surface area contributed by atoms with Crippen molar-refractivity contribution in [3.63, 3.8) is 0 Å². The van der Waals surface area contributed by atoms with Crippen molar-refractivity contribution in [2.75, 3.05) is 0 Å². The molecule has 0 aromatic carbocycles. The summed E-state index contributed by atoms with van der Waals surface area (Å²) in [6.07, 6.45) is 44.7. The lowest BCUT2D eigenvalue weighted by Gasteiger charge is -2.41. The van der Waals surface area contributed by atoms with E-state index >= 15 is 0 Å². The van der Waals surface area contributed by atoms with Crippen LogP contribution in [0.25, 0.3) is 0 Å². The molecule has 2 heteroatoms. The monoisotopic (exact) mass is 666 g/mol. The van der Waals surface area contributed by atoms with E-state index in [0.717, 1.165) is 48.3 Å². The maximum Gasteiger partial charge on any atom is 0.126 e. The Hall–Kier alpha value is -0.840. The fourth-order valence-electron chi connectivity index (χ4n) is 10.9. The van der Waals surface area contributed by atoms with Crippen molar-refractivity contribution >= 4 is 6.29 Å². The normalized spacial score (nSPS) is 34.1. The molecule has 0 amide bonds. The summed E-state index contributed by atoms with van der Waals surface area (Å²) >= 11 is 0. The lowest BCUT2D eigenvalue weighted by molar-refractivity contribution is -0.119. The van der Waals surface area contributed by atoms with Crippen molar-refractivity contribution in [2.45, 2.75) is 233 Å². The zero-order valence-corrected chi connectivity index (χ0v) is 33.0. The molecule has 4 rings (SSSR count). The molecule has 0 unspecified atom stereocenters. The number of carbonyl (C=O) groups is 1. The average Bonchev–Trinajstić information content (AvgIpc) is 3.13. The number of aldehydes is 1. The number of rotatable bonds is 19. The summed E-state index contributed by atoms with van der Waals surface area (Å²) in [5, 5.41) is 9.72. The standard InChI is InChI=1S/C23H41N.C23H42O/c2*1-3-5-7-9-20-10-12-21(13-11-20)22-14-17-23(19-24,18-15-22)16-8-6-4-2/h20-22H,3-18H2,1-2H3;19-22H,3-18H2,1-2H3. The van der Waals surface area contributed by atoms with Crippen LogP contribution in [0.1, 0.15) is 233 Å². The molecule has 0 spiro atoms. The second-order valence-corrected chi connectivity index (χ2v) is 18.0. The number of hydrogen-bond donors (Lipinski definition) is 0. The van der Waals surface area contributed by atoms with Gasteiger partial charge in [-0.3, -0.25) is 0 Å². The fraction of sp³-hybridized carbons (Fsp3) is 0.957. The van der Waals surface area contributed by atoms with E-state index in [9.17, 15) is 10.1 Å². The van der Waals surface area contributed by atoms with Crippen LogP contribution in [0, 0.1) is 57.7 Å². The third-order valence-electron chi connectivity index (χ3n) is 14.6. The maximum absolute atomic E-state index is 11.7. The van der Waals surface area contributed by atoms with E-state index < -0.39 is 0 Å². The molecule has 0 atom stereocenters. The lowest BCUT2D eigenvalue weighted by atomic mass is 9.63. The second-order valence-electron chi connectivity index (χ2n) is 18.0. The van der Waals surface area contributed by atoms with Gasteiger partial charge in [-0.05, 0) is 125 Å². The van der Waals surface area contributed by atoms with Gasteiger partial charge in [0.05, 0.1) is 11.5 Å². The molecule has 48 heavy (non-hydrogen) atoms. The topological polar surface area (TPSA) is 40.9 Å². The van der Waals surface area contributed by atoms with Crippen molar-refractivity contribution in [3.05, 3.63) is 0 Å². The Kier molecular flexibility index (Phi) is 20.4. The number of nitriles is 1. The highest BCUT2D eigenvalue weighted by Crippen LogP contribution is 2.49. The van der Waals surface area contributed by atoms with E-state index in [1.54, 1.807) is 0 Å². The van der Waals surface area contributed by atoms with Crippen molar-refractivity contribution in [2.24, 2.45) is 46.3 Å². The third kappa shape index (κ3) is 14.1. The summed E-state index contributed by atoms with van der Waals surface area (Å²) in [5.74, 6) is 5.89. The molecule has 278 valence electrons. The Labute approximate surface area is 301 Å². The Balaban J connectivity index is 0.000000260. The van der Waals surface area contributed by atoms with Gasteiger partial charge in [0.2, 0.25) is 0 Å². The highest BCUT2D eigenvalue weighted by Gasteiger charge is 2.39. The van der Waals surface area contributed by atoms with E-state index in [2.05, 4.69) is 33.8 Å².